The minimum atomic E-state index is -3.58. The first-order valence-electron chi connectivity index (χ1n) is 8.50. The van der Waals surface area contributed by atoms with Gasteiger partial charge >= 0.3 is 0 Å². The summed E-state index contributed by atoms with van der Waals surface area (Å²) < 4.78 is 26.3. The van der Waals surface area contributed by atoms with Crippen LogP contribution in [0, 0.1) is 5.92 Å². The predicted molar refractivity (Wildman–Crippen MR) is 93.6 cm³/mol. The van der Waals surface area contributed by atoms with Crippen molar-refractivity contribution in [2.75, 3.05) is 19.4 Å². The topological polar surface area (TPSA) is 87.3 Å². The molecule has 2 aliphatic rings. The van der Waals surface area contributed by atoms with Crippen molar-refractivity contribution in [1.29, 1.82) is 0 Å². The van der Waals surface area contributed by atoms with E-state index in [9.17, 15) is 13.2 Å². The highest BCUT2D eigenvalue weighted by atomic mass is 32.2. The molecule has 1 amide bonds. The molecular formula is C17H25N3O3S. The zero-order chi connectivity index (χ0) is 17.4. The van der Waals surface area contributed by atoms with E-state index in [0.29, 0.717) is 17.2 Å². The molecule has 0 unspecified atom stereocenters. The zero-order valence-corrected chi connectivity index (χ0v) is 15.0. The Bertz CT molecular complexity index is 735. The molecule has 132 valence electrons. The summed E-state index contributed by atoms with van der Waals surface area (Å²) in [5.74, 6) is 0.364. The van der Waals surface area contributed by atoms with Crippen molar-refractivity contribution in [2.24, 2.45) is 5.92 Å². The Labute approximate surface area is 143 Å². The van der Waals surface area contributed by atoms with Crippen LogP contribution in [0.15, 0.2) is 23.1 Å². The van der Waals surface area contributed by atoms with E-state index in [0.717, 1.165) is 12.8 Å². The van der Waals surface area contributed by atoms with Gasteiger partial charge in [-0.2, -0.15) is 0 Å². The molecule has 3 rings (SSSR count). The fraction of sp³-hybridized carbons (Fsp3) is 0.588. The number of carbonyl (C=O) groups excluding carboxylic acids is 1. The van der Waals surface area contributed by atoms with Gasteiger partial charge in [-0.3, -0.25) is 4.79 Å². The Balaban J connectivity index is 1.94. The van der Waals surface area contributed by atoms with Crippen LogP contribution in [0.25, 0.3) is 0 Å². The predicted octanol–water partition coefficient (Wildman–Crippen LogP) is 2.09. The first-order valence-corrected chi connectivity index (χ1v) is 9.98. The van der Waals surface area contributed by atoms with Crippen molar-refractivity contribution >= 4 is 21.6 Å². The second kappa shape index (κ2) is 6.37. The third-order valence-electron chi connectivity index (χ3n) is 5.35. The van der Waals surface area contributed by atoms with Crippen LogP contribution in [0.4, 0.5) is 5.69 Å². The molecular weight excluding hydrogens is 326 g/mol. The summed E-state index contributed by atoms with van der Waals surface area (Å²) in [5.41, 5.74) is 1.18. The van der Waals surface area contributed by atoms with Crippen LogP contribution in [0.1, 0.15) is 48.9 Å². The lowest BCUT2D eigenvalue weighted by molar-refractivity contribution is 0.0963. The Morgan fingerprint density at radius 1 is 1.17 bits per heavy atom. The number of benzene rings is 1. The molecule has 3 N–H and O–H groups in total. The van der Waals surface area contributed by atoms with Crippen LogP contribution in [0.3, 0.4) is 0 Å². The van der Waals surface area contributed by atoms with Gasteiger partial charge in [0.05, 0.1) is 10.5 Å². The summed E-state index contributed by atoms with van der Waals surface area (Å²) in [6.07, 6.45) is 7.23. The molecule has 0 aliphatic heterocycles. The van der Waals surface area contributed by atoms with E-state index in [-0.39, 0.29) is 16.3 Å². The number of hydrogen-bond donors (Lipinski definition) is 3. The maximum absolute atomic E-state index is 12.3. The molecule has 2 aliphatic carbocycles. The normalized spacial score (nSPS) is 19.9. The number of sulfonamides is 1. The van der Waals surface area contributed by atoms with Gasteiger partial charge in [0.1, 0.15) is 0 Å². The van der Waals surface area contributed by atoms with Gasteiger partial charge in [0.25, 0.3) is 5.91 Å². The molecule has 2 saturated carbocycles. The summed E-state index contributed by atoms with van der Waals surface area (Å²) >= 11 is 0. The molecule has 2 fully saturated rings. The van der Waals surface area contributed by atoms with Crippen molar-refractivity contribution in [1.82, 2.24) is 10.0 Å². The second-order valence-electron chi connectivity index (χ2n) is 6.76. The summed E-state index contributed by atoms with van der Waals surface area (Å²) in [6.45, 7) is 0. The van der Waals surface area contributed by atoms with Crippen LogP contribution in [-0.4, -0.2) is 34.0 Å². The third kappa shape index (κ3) is 3.15. The molecule has 0 spiro atoms. The molecule has 0 radical (unpaired) electrons. The van der Waals surface area contributed by atoms with Gasteiger partial charge in [-0.15, -0.1) is 0 Å². The average Bonchev–Trinajstić information content (AvgIpc) is 3.15. The van der Waals surface area contributed by atoms with E-state index in [2.05, 4.69) is 15.4 Å². The number of amides is 1. The maximum Gasteiger partial charge on any atom is 0.253 e. The minimum Gasteiger partial charge on any atom is -0.379 e. The van der Waals surface area contributed by atoms with Crippen molar-refractivity contribution in [2.45, 2.75) is 49.0 Å². The van der Waals surface area contributed by atoms with Gasteiger partial charge < -0.3 is 10.6 Å². The minimum absolute atomic E-state index is 0.0860. The van der Waals surface area contributed by atoms with Crippen LogP contribution < -0.4 is 15.4 Å². The molecule has 1 aromatic rings. The van der Waals surface area contributed by atoms with Gasteiger partial charge in [0, 0.05) is 18.3 Å². The van der Waals surface area contributed by atoms with Crippen molar-refractivity contribution < 1.29 is 13.2 Å². The standard InChI is InChI=1S/C17H25N3O3S/c1-18-16(21)14-11-13(24(22,23)19-2)7-8-15(14)20-17(9-10-17)12-5-3-4-6-12/h7-8,11-12,19-20H,3-6,9-10H2,1-2H3,(H,18,21). The van der Waals surface area contributed by atoms with Gasteiger partial charge in [-0.1, -0.05) is 12.8 Å². The lowest BCUT2D eigenvalue weighted by Gasteiger charge is -2.26. The highest BCUT2D eigenvalue weighted by Gasteiger charge is 2.50. The largest absolute Gasteiger partial charge is 0.379 e. The first kappa shape index (κ1) is 17.2. The molecule has 7 heteroatoms. The van der Waals surface area contributed by atoms with Gasteiger partial charge in [0.2, 0.25) is 10.0 Å². The molecule has 0 atom stereocenters. The Kier molecular flexibility index (Phi) is 4.57. The summed E-state index contributed by atoms with van der Waals surface area (Å²) in [5, 5.41) is 6.18. The highest BCUT2D eigenvalue weighted by molar-refractivity contribution is 7.89. The van der Waals surface area contributed by atoms with Crippen LogP contribution >= 0.6 is 0 Å². The van der Waals surface area contributed by atoms with E-state index in [1.807, 2.05) is 0 Å². The fourth-order valence-corrected chi connectivity index (χ4v) is 4.51. The van der Waals surface area contributed by atoms with Crippen LogP contribution in [-0.2, 0) is 10.0 Å². The van der Waals surface area contributed by atoms with E-state index < -0.39 is 10.0 Å². The summed E-state index contributed by atoms with van der Waals surface area (Å²) in [6, 6.07) is 4.70. The molecule has 0 bridgehead atoms. The Hall–Kier alpha value is -1.60. The first-order chi connectivity index (χ1) is 11.4. The smallest absolute Gasteiger partial charge is 0.253 e. The zero-order valence-electron chi connectivity index (χ0n) is 14.2. The van der Waals surface area contributed by atoms with Crippen molar-refractivity contribution in [3.05, 3.63) is 23.8 Å². The molecule has 0 aromatic heterocycles. The molecule has 24 heavy (non-hydrogen) atoms. The average molecular weight is 351 g/mol. The number of rotatable bonds is 6. The molecule has 0 saturated heterocycles. The highest BCUT2D eigenvalue weighted by Crippen LogP contribution is 2.51. The monoisotopic (exact) mass is 351 g/mol. The maximum atomic E-state index is 12.3. The van der Waals surface area contributed by atoms with Crippen LogP contribution in [0.5, 0.6) is 0 Å². The van der Waals surface area contributed by atoms with Crippen molar-refractivity contribution in [3.63, 3.8) is 0 Å². The quantitative estimate of drug-likeness (QED) is 0.732. The SMILES string of the molecule is CNC(=O)c1cc(S(=O)(=O)NC)ccc1NC1(C2CCCC2)CC1. The van der Waals surface area contributed by atoms with E-state index in [1.54, 1.807) is 19.2 Å². The Morgan fingerprint density at radius 2 is 1.83 bits per heavy atom. The Morgan fingerprint density at radius 3 is 2.38 bits per heavy atom. The lowest BCUT2D eigenvalue weighted by atomic mass is 9.94. The van der Waals surface area contributed by atoms with Gasteiger partial charge in [-0.25, -0.2) is 13.1 Å². The third-order valence-corrected chi connectivity index (χ3v) is 6.76. The number of anilines is 1. The van der Waals surface area contributed by atoms with E-state index in [4.69, 9.17) is 0 Å². The van der Waals surface area contributed by atoms with E-state index in [1.165, 1.54) is 38.8 Å². The van der Waals surface area contributed by atoms with Gasteiger partial charge in [-0.05, 0) is 56.8 Å². The summed E-state index contributed by atoms with van der Waals surface area (Å²) in [4.78, 5) is 12.4. The second-order valence-corrected chi connectivity index (χ2v) is 8.64. The number of carbonyl (C=O) groups is 1. The lowest BCUT2D eigenvalue weighted by Crippen LogP contribution is -2.31. The molecule has 1 aromatic carbocycles. The fourth-order valence-electron chi connectivity index (χ4n) is 3.76. The summed E-state index contributed by atoms with van der Waals surface area (Å²) in [7, 11) is -0.668. The number of hydrogen-bond acceptors (Lipinski definition) is 4. The number of nitrogens with one attached hydrogen (secondary N) is 3. The molecule has 0 heterocycles. The molecule has 6 nitrogen and oxygen atoms in total. The van der Waals surface area contributed by atoms with E-state index >= 15 is 0 Å². The van der Waals surface area contributed by atoms with Crippen molar-refractivity contribution in [3.8, 4) is 0 Å². The van der Waals surface area contributed by atoms with Gasteiger partial charge in [0.15, 0.2) is 0 Å². The van der Waals surface area contributed by atoms with Crippen LogP contribution in [0.2, 0.25) is 0 Å².